The maximum atomic E-state index is 6.02. The number of hydrogen-bond donors (Lipinski definition) is 2. The van der Waals surface area contributed by atoms with Crippen molar-refractivity contribution >= 4 is 65.6 Å². The molecule has 7 nitrogen and oxygen atoms in total. The highest BCUT2D eigenvalue weighted by atomic mass is 35.5. The Morgan fingerprint density at radius 2 is 1.85 bits per heavy atom. The fourth-order valence-corrected chi connectivity index (χ4v) is 4.13. The van der Waals surface area contributed by atoms with Crippen LogP contribution in [0.2, 0.25) is 0 Å². The first-order valence-corrected chi connectivity index (χ1v) is 9.81. The average Bonchev–Trinajstić information content (AvgIpc) is 3.17. The van der Waals surface area contributed by atoms with Crippen LogP contribution >= 0.6 is 37.2 Å². The van der Waals surface area contributed by atoms with Gasteiger partial charge in [-0.25, -0.2) is 4.98 Å². The minimum Gasteiger partial charge on any atom is -0.494 e. The van der Waals surface area contributed by atoms with Crippen LogP contribution in [-0.2, 0) is 13.0 Å². The van der Waals surface area contributed by atoms with Crippen LogP contribution in [0.1, 0.15) is 11.1 Å². The predicted octanol–water partition coefficient (Wildman–Crippen LogP) is 4.69. The molecule has 1 aliphatic rings. The van der Waals surface area contributed by atoms with Gasteiger partial charge in [-0.05, 0) is 53.4 Å². The summed E-state index contributed by atoms with van der Waals surface area (Å²) in [7, 11) is 1.67. The van der Waals surface area contributed by atoms with Crippen molar-refractivity contribution in [1.82, 2.24) is 15.0 Å². The molecule has 174 valence electrons. The third kappa shape index (κ3) is 4.85. The number of hydrogen-bond acceptors (Lipinski definition) is 7. The minimum atomic E-state index is 0. The van der Waals surface area contributed by atoms with Crippen molar-refractivity contribution in [3.05, 3.63) is 66.0 Å². The van der Waals surface area contributed by atoms with Crippen molar-refractivity contribution in [2.24, 2.45) is 0 Å². The molecular formula is C23H25Cl3N6O. The molecule has 3 heterocycles. The highest BCUT2D eigenvalue weighted by molar-refractivity contribution is 5.98. The number of nitrogen functional groups attached to an aromatic ring is 2. The van der Waals surface area contributed by atoms with Gasteiger partial charge < -0.3 is 21.1 Å². The number of anilines is 3. The highest BCUT2D eigenvalue weighted by Gasteiger charge is 2.21. The van der Waals surface area contributed by atoms with Gasteiger partial charge >= 0.3 is 0 Å². The molecule has 10 heteroatoms. The van der Waals surface area contributed by atoms with Gasteiger partial charge in [0, 0.05) is 42.1 Å². The lowest BCUT2D eigenvalue weighted by atomic mass is 9.97. The van der Waals surface area contributed by atoms with Crippen LogP contribution in [0, 0.1) is 0 Å². The number of benzene rings is 2. The molecule has 4 aromatic rings. The summed E-state index contributed by atoms with van der Waals surface area (Å²) in [6.07, 6.45) is 4.48. The number of methoxy groups -OCH3 is 1. The fourth-order valence-electron chi connectivity index (χ4n) is 4.13. The first-order chi connectivity index (χ1) is 14.6. The quantitative estimate of drug-likeness (QED) is 0.413. The standard InChI is InChI=1S/C23H22N6O.3ClH/c1-30-20-7-5-17(18-3-2-9-26-21(18)20)14-4-6-19-15(11-14)8-10-29(19)13-16-12-27-23(25)28-22(16)24;;;/h2-7,9,11-12H,8,10,13H2,1H3,(H4,24,25,27,28);3*1H. The van der Waals surface area contributed by atoms with Gasteiger partial charge in [-0.3, -0.25) is 4.98 Å². The van der Waals surface area contributed by atoms with Crippen LogP contribution in [-0.4, -0.2) is 28.6 Å². The van der Waals surface area contributed by atoms with E-state index in [4.69, 9.17) is 16.2 Å². The number of ether oxygens (including phenoxy) is 1. The van der Waals surface area contributed by atoms with Crippen LogP contribution in [0.3, 0.4) is 0 Å². The van der Waals surface area contributed by atoms with Crippen LogP contribution in [0.25, 0.3) is 22.0 Å². The highest BCUT2D eigenvalue weighted by Crippen LogP contribution is 2.37. The van der Waals surface area contributed by atoms with Gasteiger partial charge in [0.05, 0.1) is 7.11 Å². The van der Waals surface area contributed by atoms with Gasteiger partial charge in [-0.2, -0.15) is 4.98 Å². The zero-order valence-electron chi connectivity index (χ0n) is 17.9. The summed E-state index contributed by atoms with van der Waals surface area (Å²) in [5.41, 5.74) is 18.2. The number of nitrogens with two attached hydrogens (primary N) is 2. The van der Waals surface area contributed by atoms with Crippen LogP contribution < -0.4 is 21.1 Å². The summed E-state index contributed by atoms with van der Waals surface area (Å²) in [5, 5.41) is 1.08. The van der Waals surface area contributed by atoms with E-state index >= 15 is 0 Å². The minimum absolute atomic E-state index is 0. The van der Waals surface area contributed by atoms with Crippen molar-refractivity contribution in [3.8, 4) is 16.9 Å². The van der Waals surface area contributed by atoms with Gasteiger partial charge in [0.1, 0.15) is 17.1 Å². The molecule has 0 amide bonds. The molecule has 0 aliphatic carbocycles. The molecule has 1 aliphatic heterocycles. The molecule has 0 bridgehead atoms. The number of pyridine rings is 1. The zero-order valence-corrected chi connectivity index (χ0v) is 20.3. The molecular weight excluding hydrogens is 483 g/mol. The molecule has 5 rings (SSSR count). The predicted molar refractivity (Wildman–Crippen MR) is 141 cm³/mol. The summed E-state index contributed by atoms with van der Waals surface area (Å²) in [4.78, 5) is 15.0. The Morgan fingerprint density at radius 3 is 2.61 bits per heavy atom. The monoisotopic (exact) mass is 506 g/mol. The topological polar surface area (TPSA) is 103 Å². The molecule has 0 unspecified atom stereocenters. The average molecular weight is 508 g/mol. The van der Waals surface area contributed by atoms with Crippen molar-refractivity contribution in [2.75, 3.05) is 30.0 Å². The molecule has 0 radical (unpaired) electrons. The van der Waals surface area contributed by atoms with Crippen LogP contribution in [0.15, 0.2) is 54.9 Å². The molecule has 0 atom stereocenters. The first kappa shape index (κ1) is 26.3. The van der Waals surface area contributed by atoms with E-state index in [1.54, 1.807) is 19.5 Å². The van der Waals surface area contributed by atoms with E-state index in [2.05, 4.69) is 50.2 Å². The fraction of sp³-hybridized carbons (Fsp3) is 0.174. The number of nitrogens with zero attached hydrogens (tertiary/aromatic N) is 4. The van der Waals surface area contributed by atoms with Gasteiger partial charge in [0.2, 0.25) is 5.95 Å². The van der Waals surface area contributed by atoms with Crippen LogP contribution in [0.4, 0.5) is 17.5 Å². The molecule has 0 fully saturated rings. The zero-order chi connectivity index (χ0) is 20.7. The summed E-state index contributed by atoms with van der Waals surface area (Å²) in [6.45, 7) is 1.58. The Bertz CT molecular complexity index is 1270. The van der Waals surface area contributed by atoms with Gasteiger partial charge in [-0.15, -0.1) is 37.2 Å². The van der Waals surface area contributed by atoms with Crippen LogP contribution in [0.5, 0.6) is 5.75 Å². The lowest BCUT2D eigenvalue weighted by molar-refractivity contribution is 0.419. The third-order valence-corrected chi connectivity index (χ3v) is 5.61. The normalized spacial score (nSPS) is 11.7. The summed E-state index contributed by atoms with van der Waals surface area (Å²) < 4.78 is 5.48. The van der Waals surface area contributed by atoms with Crippen molar-refractivity contribution in [2.45, 2.75) is 13.0 Å². The smallest absolute Gasteiger partial charge is 0.221 e. The van der Waals surface area contributed by atoms with E-state index in [0.29, 0.717) is 12.4 Å². The van der Waals surface area contributed by atoms with Gasteiger partial charge in [0.25, 0.3) is 0 Å². The Kier molecular flexibility index (Phi) is 8.55. The second kappa shape index (κ2) is 10.7. The number of fused-ring (bicyclic) bond motifs is 2. The van der Waals surface area contributed by atoms with E-state index in [9.17, 15) is 0 Å². The lowest BCUT2D eigenvalue weighted by Gasteiger charge is -2.20. The second-order valence-corrected chi connectivity index (χ2v) is 7.37. The molecule has 2 aromatic heterocycles. The van der Waals surface area contributed by atoms with Crippen molar-refractivity contribution in [3.63, 3.8) is 0 Å². The Morgan fingerprint density at radius 1 is 1.03 bits per heavy atom. The molecule has 2 aromatic carbocycles. The first-order valence-electron chi connectivity index (χ1n) is 9.81. The maximum Gasteiger partial charge on any atom is 0.221 e. The van der Waals surface area contributed by atoms with Gasteiger partial charge in [0.15, 0.2) is 0 Å². The third-order valence-electron chi connectivity index (χ3n) is 5.61. The number of halogens is 3. The Balaban J connectivity index is 0.00000128. The van der Waals surface area contributed by atoms with Crippen molar-refractivity contribution in [1.29, 1.82) is 0 Å². The SMILES string of the molecule is COc1ccc(-c2ccc3c(c2)CCN3Cc2cnc(N)nc2N)c2cccnc12.Cl.Cl.Cl. The lowest BCUT2D eigenvalue weighted by Crippen LogP contribution is -2.21. The summed E-state index contributed by atoms with van der Waals surface area (Å²) in [5.74, 6) is 1.42. The van der Waals surface area contributed by atoms with E-state index < -0.39 is 0 Å². The largest absolute Gasteiger partial charge is 0.494 e. The molecule has 33 heavy (non-hydrogen) atoms. The molecule has 0 spiro atoms. The molecule has 0 saturated heterocycles. The van der Waals surface area contributed by atoms with E-state index in [0.717, 1.165) is 40.7 Å². The van der Waals surface area contributed by atoms with Gasteiger partial charge in [-0.1, -0.05) is 12.1 Å². The van der Waals surface area contributed by atoms with Crippen molar-refractivity contribution < 1.29 is 4.74 Å². The molecule has 4 N–H and O–H groups in total. The Labute approximate surface area is 210 Å². The summed E-state index contributed by atoms with van der Waals surface area (Å²) in [6, 6.07) is 14.7. The summed E-state index contributed by atoms with van der Waals surface area (Å²) >= 11 is 0. The molecule has 0 saturated carbocycles. The van der Waals surface area contributed by atoms with E-state index in [1.807, 2.05) is 12.1 Å². The number of rotatable bonds is 4. The number of aromatic nitrogens is 3. The second-order valence-electron chi connectivity index (χ2n) is 7.37. The van der Waals surface area contributed by atoms with E-state index in [1.165, 1.54) is 16.8 Å². The van der Waals surface area contributed by atoms with E-state index in [-0.39, 0.29) is 43.2 Å². The Hall–Kier alpha value is -3.00. The maximum absolute atomic E-state index is 6.02.